The Labute approximate surface area is 146 Å². The zero-order chi connectivity index (χ0) is 17.4. The number of hydrogen-bond acceptors (Lipinski definition) is 2. The van der Waals surface area contributed by atoms with Crippen molar-refractivity contribution in [1.29, 1.82) is 0 Å². The maximum absolute atomic E-state index is 12.9. The average molecular weight is 330 g/mol. The minimum atomic E-state index is -0.00613. The van der Waals surface area contributed by atoms with Crippen molar-refractivity contribution in [2.45, 2.75) is 13.3 Å². The Balaban J connectivity index is 1.60. The van der Waals surface area contributed by atoms with Gasteiger partial charge in [0.2, 0.25) is 0 Å². The number of benzene rings is 2. The standard InChI is InChI=1S/C21H18N2O2/c1-15(24)17-6-9-20-18(14-17)10-13-23(20)21(25)16-4-7-19(8-5-16)22-11-2-3-12-22/h2-9,11-12,14H,10,13H2,1H3. The Morgan fingerprint density at radius 2 is 1.60 bits per heavy atom. The summed E-state index contributed by atoms with van der Waals surface area (Å²) in [4.78, 5) is 26.2. The van der Waals surface area contributed by atoms with Crippen LogP contribution in [-0.4, -0.2) is 22.8 Å². The number of anilines is 1. The summed E-state index contributed by atoms with van der Waals surface area (Å²) in [7, 11) is 0. The molecule has 0 N–H and O–H groups in total. The van der Waals surface area contributed by atoms with Crippen molar-refractivity contribution < 1.29 is 9.59 Å². The second-order valence-corrected chi connectivity index (χ2v) is 6.24. The average Bonchev–Trinajstić information content (AvgIpc) is 3.30. The van der Waals surface area contributed by atoms with Crippen LogP contribution in [0.4, 0.5) is 5.69 Å². The molecule has 1 aliphatic heterocycles. The van der Waals surface area contributed by atoms with Gasteiger partial charge in [-0.15, -0.1) is 0 Å². The van der Waals surface area contributed by atoms with Gasteiger partial charge in [-0.3, -0.25) is 9.59 Å². The fraction of sp³-hybridized carbons (Fsp3) is 0.143. The molecule has 0 saturated carbocycles. The van der Waals surface area contributed by atoms with Crippen molar-refractivity contribution in [2.75, 3.05) is 11.4 Å². The maximum Gasteiger partial charge on any atom is 0.258 e. The van der Waals surface area contributed by atoms with Crippen molar-refractivity contribution in [3.05, 3.63) is 83.7 Å². The maximum atomic E-state index is 12.9. The minimum Gasteiger partial charge on any atom is -0.324 e. The first-order valence-corrected chi connectivity index (χ1v) is 8.32. The third kappa shape index (κ3) is 2.76. The zero-order valence-corrected chi connectivity index (χ0v) is 14.0. The molecule has 0 aliphatic carbocycles. The highest BCUT2D eigenvalue weighted by atomic mass is 16.2. The van der Waals surface area contributed by atoms with Crippen LogP contribution in [0.25, 0.3) is 5.69 Å². The fourth-order valence-electron chi connectivity index (χ4n) is 3.27. The first-order chi connectivity index (χ1) is 12.1. The minimum absolute atomic E-state index is 0.00613. The number of ketones is 1. The molecular formula is C21H18N2O2. The van der Waals surface area contributed by atoms with Crippen molar-refractivity contribution in [2.24, 2.45) is 0 Å². The number of hydrogen-bond donors (Lipinski definition) is 0. The molecule has 1 aliphatic rings. The van der Waals surface area contributed by atoms with Gasteiger partial charge in [0.1, 0.15) is 0 Å². The van der Waals surface area contributed by atoms with E-state index in [-0.39, 0.29) is 11.7 Å². The van der Waals surface area contributed by atoms with E-state index in [0.717, 1.165) is 23.4 Å². The van der Waals surface area contributed by atoms with Gasteiger partial charge in [0.15, 0.2) is 5.78 Å². The van der Waals surface area contributed by atoms with Gasteiger partial charge in [-0.2, -0.15) is 0 Å². The van der Waals surface area contributed by atoms with Gasteiger partial charge in [-0.05, 0) is 73.5 Å². The molecule has 1 aromatic heterocycles. The number of fused-ring (bicyclic) bond motifs is 1. The molecule has 0 bridgehead atoms. The number of Topliss-reactive ketones (excluding diaryl/α,β-unsaturated/α-hetero) is 1. The smallest absolute Gasteiger partial charge is 0.258 e. The second kappa shape index (κ2) is 6.06. The lowest BCUT2D eigenvalue weighted by Crippen LogP contribution is -2.28. The van der Waals surface area contributed by atoms with Gasteiger partial charge >= 0.3 is 0 Å². The van der Waals surface area contributed by atoms with Crippen LogP contribution in [0.1, 0.15) is 33.2 Å². The van der Waals surface area contributed by atoms with Crippen LogP contribution in [0.15, 0.2) is 67.0 Å². The lowest BCUT2D eigenvalue weighted by molar-refractivity contribution is 0.0987. The molecule has 0 radical (unpaired) electrons. The number of amides is 1. The molecule has 0 fully saturated rings. The fourth-order valence-corrected chi connectivity index (χ4v) is 3.27. The molecule has 0 unspecified atom stereocenters. The highest BCUT2D eigenvalue weighted by Gasteiger charge is 2.26. The molecule has 0 spiro atoms. The zero-order valence-electron chi connectivity index (χ0n) is 14.0. The van der Waals surface area contributed by atoms with Crippen LogP contribution in [0, 0.1) is 0 Å². The molecule has 3 aromatic rings. The summed E-state index contributed by atoms with van der Waals surface area (Å²) >= 11 is 0. The second-order valence-electron chi connectivity index (χ2n) is 6.24. The van der Waals surface area contributed by atoms with Gasteiger partial charge in [0, 0.05) is 41.4 Å². The van der Waals surface area contributed by atoms with Crippen LogP contribution in [0.2, 0.25) is 0 Å². The Hall–Kier alpha value is -3.14. The molecule has 124 valence electrons. The summed E-state index contributed by atoms with van der Waals surface area (Å²) in [5.41, 5.74) is 4.35. The summed E-state index contributed by atoms with van der Waals surface area (Å²) in [6.45, 7) is 2.21. The third-order valence-corrected chi connectivity index (χ3v) is 4.64. The van der Waals surface area contributed by atoms with Crippen molar-refractivity contribution >= 4 is 17.4 Å². The SMILES string of the molecule is CC(=O)c1ccc2c(c1)CCN2C(=O)c1ccc(-n2cccc2)cc1. The van der Waals surface area contributed by atoms with Gasteiger partial charge < -0.3 is 9.47 Å². The number of carbonyl (C=O) groups is 2. The molecule has 0 saturated heterocycles. The Kier molecular flexibility index (Phi) is 3.73. The number of aromatic nitrogens is 1. The summed E-state index contributed by atoms with van der Waals surface area (Å²) in [5, 5.41) is 0. The van der Waals surface area contributed by atoms with E-state index in [0.29, 0.717) is 17.7 Å². The van der Waals surface area contributed by atoms with E-state index in [9.17, 15) is 9.59 Å². The summed E-state index contributed by atoms with van der Waals surface area (Å²) in [6.07, 6.45) is 4.73. The highest BCUT2D eigenvalue weighted by molar-refractivity contribution is 6.07. The normalized spacial score (nSPS) is 12.9. The molecule has 4 rings (SSSR count). The molecule has 4 heteroatoms. The van der Waals surface area contributed by atoms with E-state index >= 15 is 0 Å². The Morgan fingerprint density at radius 3 is 2.28 bits per heavy atom. The largest absolute Gasteiger partial charge is 0.324 e. The molecule has 0 atom stereocenters. The predicted molar refractivity (Wildman–Crippen MR) is 97.6 cm³/mol. The number of nitrogens with zero attached hydrogens (tertiary/aromatic N) is 2. The highest BCUT2D eigenvalue weighted by Crippen LogP contribution is 2.30. The van der Waals surface area contributed by atoms with Crippen LogP contribution in [0.3, 0.4) is 0 Å². The molecule has 4 nitrogen and oxygen atoms in total. The van der Waals surface area contributed by atoms with Crippen molar-refractivity contribution in [3.8, 4) is 5.69 Å². The van der Waals surface area contributed by atoms with Crippen LogP contribution < -0.4 is 4.90 Å². The first kappa shape index (κ1) is 15.4. The summed E-state index contributed by atoms with van der Waals surface area (Å²) < 4.78 is 2.00. The summed E-state index contributed by atoms with van der Waals surface area (Å²) in [6, 6.07) is 17.1. The first-order valence-electron chi connectivity index (χ1n) is 8.32. The number of rotatable bonds is 3. The van der Waals surface area contributed by atoms with Crippen molar-refractivity contribution in [3.63, 3.8) is 0 Å². The molecular weight excluding hydrogens is 312 g/mol. The Morgan fingerprint density at radius 1 is 0.920 bits per heavy atom. The predicted octanol–water partition coefficient (Wildman–Crippen LogP) is 3.88. The molecule has 25 heavy (non-hydrogen) atoms. The lowest BCUT2D eigenvalue weighted by atomic mass is 10.1. The van der Waals surface area contributed by atoms with Gasteiger partial charge in [-0.25, -0.2) is 0 Å². The van der Waals surface area contributed by atoms with Crippen molar-refractivity contribution in [1.82, 2.24) is 4.57 Å². The van der Waals surface area contributed by atoms with E-state index in [1.165, 1.54) is 0 Å². The molecule has 1 amide bonds. The van der Waals surface area contributed by atoms with E-state index in [1.54, 1.807) is 17.9 Å². The van der Waals surface area contributed by atoms with Crippen LogP contribution in [0.5, 0.6) is 0 Å². The quantitative estimate of drug-likeness (QED) is 0.684. The summed E-state index contributed by atoms with van der Waals surface area (Å²) in [5.74, 6) is 0.0431. The third-order valence-electron chi connectivity index (χ3n) is 4.64. The topological polar surface area (TPSA) is 42.3 Å². The number of carbonyl (C=O) groups excluding carboxylic acids is 2. The Bertz CT molecular complexity index is 941. The molecule has 2 heterocycles. The van der Waals surface area contributed by atoms with E-state index in [1.807, 2.05) is 65.5 Å². The van der Waals surface area contributed by atoms with E-state index in [4.69, 9.17) is 0 Å². The van der Waals surface area contributed by atoms with Gasteiger partial charge in [0.05, 0.1) is 0 Å². The monoisotopic (exact) mass is 330 g/mol. The van der Waals surface area contributed by atoms with E-state index < -0.39 is 0 Å². The lowest BCUT2D eigenvalue weighted by Gasteiger charge is -2.18. The van der Waals surface area contributed by atoms with Gasteiger partial charge in [-0.1, -0.05) is 0 Å². The van der Waals surface area contributed by atoms with Crippen LogP contribution >= 0.6 is 0 Å². The van der Waals surface area contributed by atoms with E-state index in [2.05, 4.69) is 0 Å². The van der Waals surface area contributed by atoms with Crippen LogP contribution in [-0.2, 0) is 6.42 Å². The van der Waals surface area contributed by atoms with Gasteiger partial charge in [0.25, 0.3) is 5.91 Å². The molecule has 2 aromatic carbocycles.